The van der Waals surface area contributed by atoms with Gasteiger partial charge in [0.15, 0.2) is 5.82 Å². The molecule has 0 radical (unpaired) electrons. The standard InChI is InChI=1S/C16H20N4O4/c1-23-10-6-13-18-15(24-19-13)12-3-2-7-17-14(12)20-8-4-11(5-9-20)16(21)22/h2-3,7,11H,4-6,8-10H2,1H3,(H,21,22). The first-order chi connectivity index (χ1) is 11.7. The molecule has 24 heavy (non-hydrogen) atoms. The molecule has 1 aliphatic heterocycles. The van der Waals surface area contributed by atoms with Crippen molar-refractivity contribution in [1.29, 1.82) is 0 Å². The second-order valence-corrected chi connectivity index (χ2v) is 5.73. The zero-order valence-electron chi connectivity index (χ0n) is 13.5. The molecule has 0 bridgehead atoms. The van der Waals surface area contributed by atoms with E-state index in [9.17, 15) is 4.79 Å². The Morgan fingerprint density at radius 2 is 2.25 bits per heavy atom. The van der Waals surface area contributed by atoms with Gasteiger partial charge in [-0.05, 0) is 25.0 Å². The number of ether oxygens (including phenoxy) is 1. The van der Waals surface area contributed by atoms with Crippen molar-refractivity contribution in [1.82, 2.24) is 15.1 Å². The van der Waals surface area contributed by atoms with Gasteiger partial charge in [0, 0.05) is 32.8 Å². The van der Waals surface area contributed by atoms with Crippen molar-refractivity contribution >= 4 is 11.8 Å². The van der Waals surface area contributed by atoms with Crippen LogP contribution in [-0.4, -0.2) is 53.0 Å². The highest BCUT2D eigenvalue weighted by molar-refractivity contribution is 5.72. The summed E-state index contributed by atoms with van der Waals surface area (Å²) in [6, 6.07) is 3.71. The lowest BCUT2D eigenvalue weighted by Gasteiger charge is -2.31. The van der Waals surface area contributed by atoms with E-state index in [1.165, 1.54) is 0 Å². The fourth-order valence-electron chi connectivity index (χ4n) is 2.81. The Labute approximate surface area is 139 Å². The first kappa shape index (κ1) is 16.4. The van der Waals surface area contributed by atoms with Crippen LogP contribution >= 0.6 is 0 Å². The Morgan fingerprint density at radius 1 is 1.46 bits per heavy atom. The fourth-order valence-corrected chi connectivity index (χ4v) is 2.81. The number of pyridine rings is 1. The van der Waals surface area contributed by atoms with Gasteiger partial charge in [-0.1, -0.05) is 5.16 Å². The minimum absolute atomic E-state index is 0.280. The van der Waals surface area contributed by atoms with Gasteiger partial charge in [-0.25, -0.2) is 4.98 Å². The first-order valence-corrected chi connectivity index (χ1v) is 7.93. The van der Waals surface area contributed by atoms with E-state index in [1.807, 2.05) is 12.1 Å². The molecule has 0 saturated carbocycles. The number of methoxy groups -OCH3 is 1. The van der Waals surface area contributed by atoms with E-state index in [0.717, 1.165) is 11.4 Å². The van der Waals surface area contributed by atoms with E-state index in [4.69, 9.17) is 14.4 Å². The molecule has 0 unspecified atom stereocenters. The minimum atomic E-state index is -0.726. The highest BCUT2D eigenvalue weighted by Crippen LogP contribution is 2.30. The zero-order valence-corrected chi connectivity index (χ0v) is 13.5. The molecule has 0 spiro atoms. The Hall–Kier alpha value is -2.48. The molecule has 1 fully saturated rings. The van der Waals surface area contributed by atoms with Crippen LogP contribution in [0.2, 0.25) is 0 Å². The second kappa shape index (κ2) is 7.39. The SMILES string of the molecule is COCCc1noc(-c2cccnc2N2CCC(C(=O)O)CC2)n1. The van der Waals surface area contributed by atoms with Gasteiger partial charge in [-0.2, -0.15) is 4.98 Å². The molecule has 0 atom stereocenters. The lowest BCUT2D eigenvalue weighted by atomic mass is 9.97. The van der Waals surface area contributed by atoms with Gasteiger partial charge < -0.3 is 19.3 Å². The van der Waals surface area contributed by atoms with Crippen molar-refractivity contribution in [3.63, 3.8) is 0 Å². The van der Waals surface area contributed by atoms with E-state index >= 15 is 0 Å². The van der Waals surface area contributed by atoms with Crippen molar-refractivity contribution in [2.24, 2.45) is 5.92 Å². The average molecular weight is 332 g/mol. The van der Waals surface area contributed by atoms with Gasteiger partial charge in [-0.15, -0.1) is 0 Å². The summed E-state index contributed by atoms with van der Waals surface area (Å²) in [5, 5.41) is 13.1. The average Bonchev–Trinajstić information content (AvgIpc) is 3.09. The molecule has 2 aromatic rings. The van der Waals surface area contributed by atoms with Crippen molar-refractivity contribution in [3.8, 4) is 11.5 Å². The third kappa shape index (κ3) is 3.53. The van der Waals surface area contributed by atoms with Crippen molar-refractivity contribution < 1.29 is 19.2 Å². The summed E-state index contributed by atoms with van der Waals surface area (Å²) in [6.07, 6.45) is 3.51. The predicted octanol–water partition coefficient (Wildman–Crippen LogP) is 1.62. The zero-order chi connectivity index (χ0) is 16.9. The molecule has 8 nitrogen and oxygen atoms in total. The number of aliphatic carboxylic acids is 1. The normalized spacial score (nSPS) is 15.6. The van der Waals surface area contributed by atoms with E-state index < -0.39 is 5.97 Å². The quantitative estimate of drug-likeness (QED) is 0.851. The number of hydrogen-bond donors (Lipinski definition) is 1. The Balaban J connectivity index is 1.78. The molecule has 1 saturated heterocycles. The lowest BCUT2D eigenvalue weighted by Crippen LogP contribution is -2.37. The van der Waals surface area contributed by atoms with Crippen LogP contribution in [0, 0.1) is 5.92 Å². The number of anilines is 1. The maximum atomic E-state index is 11.1. The van der Waals surface area contributed by atoms with Crippen molar-refractivity contribution in [2.75, 3.05) is 31.7 Å². The molecule has 128 valence electrons. The number of aromatic nitrogens is 3. The van der Waals surface area contributed by atoms with Gasteiger partial charge in [0.2, 0.25) is 0 Å². The van der Waals surface area contributed by atoms with Crippen molar-refractivity contribution in [3.05, 3.63) is 24.2 Å². The van der Waals surface area contributed by atoms with E-state index in [-0.39, 0.29) is 5.92 Å². The van der Waals surface area contributed by atoms with Gasteiger partial charge in [0.1, 0.15) is 5.82 Å². The largest absolute Gasteiger partial charge is 0.481 e. The number of hydrogen-bond acceptors (Lipinski definition) is 7. The van der Waals surface area contributed by atoms with Crippen LogP contribution in [0.1, 0.15) is 18.7 Å². The summed E-state index contributed by atoms with van der Waals surface area (Å²) in [5.41, 5.74) is 0.766. The van der Waals surface area contributed by atoms with Crippen LogP contribution in [0.25, 0.3) is 11.5 Å². The van der Waals surface area contributed by atoms with Crippen molar-refractivity contribution in [2.45, 2.75) is 19.3 Å². The fraction of sp³-hybridized carbons (Fsp3) is 0.500. The summed E-state index contributed by atoms with van der Waals surface area (Å²) in [5.74, 6) is 0.757. The molecular weight excluding hydrogens is 312 g/mol. The smallest absolute Gasteiger partial charge is 0.306 e. The molecule has 0 amide bonds. The number of piperidine rings is 1. The van der Waals surface area contributed by atoms with Crippen LogP contribution in [0.4, 0.5) is 5.82 Å². The molecule has 0 aliphatic carbocycles. The van der Waals surface area contributed by atoms with Gasteiger partial charge in [-0.3, -0.25) is 4.79 Å². The topological polar surface area (TPSA) is 102 Å². The number of carboxylic acids is 1. The number of nitrogens with zero attached hydrogens (tertiary/aromatic N) is 4. The Bertz CT molecular complexity index is 695. The minimum Gasteiger partial charge on any atom is -0.481 e. The predicted molar refractivity (Wildman–Crippen MR) is 85.7 cm³/mol. The van der Waals surface area contributed by atoms with Crippen LogP contribution < -0.4 is 4.90 Å². The third-order valence-electron chi connectivity index (χ3n) is 4.16. The summed E-state index contributed by atoms with van der Waals surface area (Å²) in [7, 11) is 1.63. The molecular formula is C16H20N4O4. The number of rotatable bonds is 6. The molecule has 1 aliphatic rings. The molecule has 3 rings (SSSR count). The Kier molecular flexibility index (Phi) is 5.05. The highest BCUT2D eigenvalue weighted by atomic mass is 16.5. The van der Waals surface area contributed by atoms with Crippen LogP contribution in [0.5, 0.6) is 0 Å². The monoisotopic (exact) mass is 332 g/mol. The summed E-state index contributed by atoms with van der Waals surface area (Å²) in [6.45, 7) is 1.82. The Morgan fingerprint density at radius 3 is 2.96 bits per heavy atom. The molecule has 1 N–H and O–H groups in total. The number of carboxylic acid groups (broad SMARTS) is 1. The van der Waals surface area contributed by atoms with E-state index in [2.05, 4.69) is 20.0 Å². The second-order valence-electron chi connectivity index (χ2n) is 5.73. The van der Waals surface area contributed by atoms with Gasteiger partial charge in [0.25, 0.3) is 5.89 Å². The number of carbonyl (C=O) groups is 1. The molecule has 2 aromatic heterocycles. The van der Waals surface area contributed by atoms with E-state index in [1.54, 1.807) is 13.3 Å². The van der Waals surface area contributed by atoms with Crippen LogP contribution in [-0.2, 0) is 16.0 Å². The van der Waals surface area contributed by atoms with Gasteiger partial charge >= 0.3 is 5.97 Å². The third-order valence-corrected chi connectivity index (χ3v) is 4.16. The first-order valence-electron chi connectivity index (χ1n) is 7.93. The summed E-state index contributed by atoms with van der Waals surface area (Å²) < 4.78 is 10.4. The molecule has 8 heteroatoms. The van der Waals surface area contributed by atoms with Crippen LogP contribution in [0.15, 0.2) is 22.9 Å². The van der Waals surface area contributed by atoms with Crippen LogP contribution in [0.3, 0.4) is 0 Å². The molecule has 0 aromatic carbocycles. The van der Waals surface area contributed by atoms with E-state index in [0.29, 0.717) is 50.7 Å². The maximum absolute atomic E-state index is 11.1. The van der Waals surface area contributed by atoms with Gasteiger partial charge in [0.05, 0.1) is 18.1 Å². The summed E-state index contributed by atoms with van der Waals surface area (Å²) >= 11 is 0. The lowest BCUT2D eigenvalue weighted by molar-refractivity contribution is -0.142. The maximum Gasteiger partial charge on any atom is 0.306 e. The molecule has 3 heterocycles. The highest BCUT2D eigenvalue weighted by Gasteiger charge is 2.27. The summed E-state index contributed by atoms with van der Waals surface area (Å²) in [4.78, 5) is 22.0.